The van der Waals surface area contributed by atoms with Crippen molar-refractivity contribution >= 4 is 8.07 Å². The summed E-state index contributed by atoms with van der Waals surface area (Å²) in [5.41, 5.74) is 0. The van der Waals surface area contributed by atoms with Crippen LogP contribution in [-0.2, 0) is 21.7 Å². The Morgan fingerprint density at radius 2 is 1.67 bits per heavy atom. The van der Waals surface area contributed by atoms with E-state index in [0.29, 0.717) is 5.04 Å². The number of rotatable bonds is 1. The zero-order chi connectivity index (χ0) is 9.41. The molecule has 85 valence electrons. The Morgan fingerprint density at radius 3 is 1.93 bits per heavy atom. The minimum absolute atomic E-state index is 0. The monoisotopic (exact) mass is 297 g/mol. The van der Waals surface area contributed by atoms with Gasteiger partial charge in [-0.15, -0.1) is 6.42 Å². The third-order valence-electron chi connectivity index (χ3n) is 3.24. The Labute approximate surface area is 123 Å². The quantitative estimate of drug-likeness (QED) is 0.378. The van der Waals surface area contributed by atoms with Crippen LogP contribution in [0.3, 0.4) is 0 Å². The van der Waals surface area contributed by atoms with Crippen LogP contribution < -0.4 is 24.8 Å². The summed E-state index contributed by atoms with van der Waals surface area (Å²) in [5, 5.41) is 1.96. The third-order valence-corrected chi connectivity index (χ3v) is 8.68. The van der Waals surface area contributed by atoms with Gasteiger partial charge in [0.1, 0.15) is 0 Å². The van der Waals surface area contributed by atoms with Crippen molar-refractivity contribution in [1.29, 1.82) is 0 Å². The van der Waals surface area contributed by atoms with E-state index in [1.807, 2.05) is 0 Å². The fourth-order valence-electron chi connectivity index (χ4n) is 1.24. The van der Waals surface area contributed by atoms with Crippen molar-refractivity contribution in [2.75, 3.05) is 0 Å². The molecule has 0 amide bonds. The number of halogens is 2. The van der Waals surface area contributed by atoms with Crippen LogP contribution in [0.5, 0.6) is 0 Å². The summed E-state index contributed by atoms with van der Waals surface area (Å²) in [5.74, 6) is 0. The van der Waals surface area contributed by atoms with Gasteiger partial charge in [-0.2, -0.15) is 6.08 Å². The number of hydrogen-bond acceptors (Lipinski definition) is 0. The topological polar surface area (TPSA) is 0 Å². The number of hydrogen-bond donors (Lipinski definition) is 0. The van der Waals surface area contributed by atoms with E-state index >= 15 is 0 Å². The molecule has 15 heavy (non-hydrogen) atoms. The summed E-state index contributed by atoms with van der Waals surface area (Å²) >= 11 is 0. The summed E-state index contributed by atoms with van der Waals surface area (Å²) in [6, 6.07) is 0. The Balaban J connectivity index is -0.000000480. The molecule has 0 unspecified atom stereocenters. The van der Waals surface area contributed by atoms with Crippen LogP contribution >= 0.6 is 0 Å². The molecule has 0 aromatic heterocycles. The van der Waals surface area contributed by atoms with Crippen LogP contribution in [0.15, 0.2) is 17.3 Å². The minimum atomic E-state index is -1.25. The van der Waals surface area contributed by atoms with Crippen molar-refractivity contribution in [3.05, 3.63) is 23.4 Å². The zero-order valence-electron chi connectivity index (χ0n) is 10.1. The van der Waals surface area contributed by atoms with E-state index < -0.39 is 8.07 Å². The van der Waals surface area contributed by atoms with Crippen molar-refractivity contribution in [2.24, 2.45) is 0 Å². The van der Waals surface area contributed by atoms with Crippen LogP contribution in [0.2, 0.25) is 18.1 Å². The fourth-order valence-corrected chi connectivity index (χ4v) is 3.12. The smallest absolute Gasteiger partial charge is 1.00 e. The van der Waals surface area contributed by atoms with Crippen molar-refractivity contribution in [3.8, 4) is 0 Å². The largest absolute Gasteiger partial charge is 3.00 e. The van der Waals surface area contributed by atoms with Gasteiger partial charge >= 0.3 is 21.7 Å². The maximum absolute atomic E-state index is 3.47. The second kappa shape index (κ2) is 7.34. The van der Waals surface area contributed by atoms with Gasteiger partial charge in [0.05, 0.1) is 0 Å². The molecular weight excluding hydrogens is 279 g/mol. The van der Waals surface area contributed by atoms with Gasteiger partial charge in [-0.05, 0) is 5.04 Å². The van der Waals surface area contributed by atoms with E-state index in [1.54, 1.807) is 0 Å². The van der Waals surface area contributed by atoms with E-state index in [1.165, 1.54) is 5.20 Å². The third kappa shape index (κ3) is 4.79. The molecule has 0 aromatic carbocycles. The molecule has 1 rings (SSSR count). The summed E-state index contributed by atoms with van der Waals surface area (Å²) in [4.78, 5) is 0. The Bertz CT molecular complexity index is 239. The SMILES string of the molecule is CC(C)(C)[Si](C)(C)C1=[C-]CC=C1.[Cl-].[Cl-].[Ti+3]. The predicted octanol–water partition coefficient (Wildman–Crippen LogP) is -2.27. The molecule has 0 spiro atoms. The van der Waals surface area contributed by atoms with Gasteiger partial charge in [-0.25, -0.2) is 11.3 Å². The summed E-state index contributed by atoms with van der Waals surface area (Å²) in [7, 11) is -1.25. The van der Waals surface area contributed by atoms with Gasteiger partial charge in [-0.3, -0.25) is 6.08 Å². The second-order valence-electron chi connectivity index (χ2n) is 5.07. The standard InChI is InChI=1S/C11H19Si.2ClH.Ti/c1-11(2,3)12(4,5)10-8-6-7-9-10;;;/h6,8H,7H2,1-5H3;2*1H;/q-1;;;+3/p-2. The predicted molar refractivity (Wildman–Crippen MR) is 57.7 cm³/mol. The Hall–Kier alpha value is 0.991. The number of allylic oxidation sites excluding steroid dienone is 4. The summed E-state index contributed by atoms with van der Waals surface area (Å²) in [6.07, 6.45) is 8.99. The normalized spacial score (nSPS) is 14.6. The first kappa shape index (κ1) is 21.3. The maximum Gasteiger partial charge on any atom is 3.00 e. The molecule has 1 radical (unpaired) electrons. The molecule has 1 aliphatic rings. The molecular formula is C11H19Cl2SiTi. The Kier molecular flexibility index (Phi) is 10.4. The van der Waals surface area contributed by atoms with Crippen LogP contribution in [0.1, 0.15) is 27.2 Å². The van der Waals surface area contributed by atoms with E-state index in [2.05, 4.69) is 52.1 Å². The zero-order valence-corrected chi connectivity index (χ0v) is 14.2. The molecule has 4 heteroatoms. The van der Waals surface area contributed by atoms with Crippen LogP contribution in [0, 0.1) is 6.08 Å². The van der Waals surface area contributed by atoms with E-state index in [4.69, 9.17) is 0 Å². The summed E-state index contributed by atoms with van der Waals surface area (Å²) < 4.78 is 0. The van der Waals surface area contributed by atoms with Gasteiger partial charge in [0.15, 0.2) is 0 Å². The molecule has 0 bridgehead atoms. The van der Waals surface area contributed by atoms with Crippen LogP contribution in [0.25, 0.3) is 0 Å². The van der Waals surface area contributed by atoms with E-state index in [9.17, 15) is 0 Å². The molecule has 1 aliphatic carbocycles. The fraction of sp³-hybridized carbons (Fsp3) is 0.636. The molecule has 0 nitrogen and oxygen atoms in total. The average Bonchev–Trinajstić information content (AvgIpc) is 2.34. The molecule has 0 aromatic rings. The van der Waals surface area contributed by atoms with Crippen LogP contribution in [-0.4, -0.2) is 8.07 Å². The van der Waals surface area contributed by atoms with Gasteiger partial charge in [-0.1, -0.05) is 33.9 Å². The average molecular weight is 298 g/mol. The van der Waals surface area contributed by atoms with E-state index in [-0.39, 0.29) is 46.5 Å². The van der Waals surface area contributed by atoms with Crippen molar-refractivity contribution < 1.29 is 46.5 Å². The minimum Gasteiger partial charge on any atom is -1.00 e. The first-order chi connectivity index (χ1) is 5.36. The molecule has 0 atom stereocenters. The first-order valence-corrected chi connectivity index (χ1v) is 7.63. The molecule has 0 N–H and O–H groups in total. The van der Waals surface area contributed by atoms with Gasteiger partial charge in [0, 0.05) is 8.07 Å². The van der Waals surface area contributed by atoms with Crippen LogP contribution in [0.4, 0.5) is 0 Å². The molecule has 0 heterocycles. The van der Waals surface area contributed by atoms with Crippen molar-refractivity contribution in [3.63, 3.8) is 0 Å². The molecule has 0 saturated carbocycles. The first-order valence-electron chi connectivity index (χ1n) is 4.63. The summed E-state index contributed by atoms with van der Waals surface area (Å²) in [6.45, 7) is 11.9. The van der Waals surface area contributed by atoms with E-state index in [0.717, 1.165) is 6.42 Å². The molecule has 0 aliphatic heterocycles. The molecule has 0 saturated heterocycles. The van der Waals surface area contributed by atoms with Gasteiger partial charge < -0.3 is 24.8 Å². The van der Waals surface area contributed by atoms with Crippen molar-refractivity contribution in [2.45, 2.75) is 45.3 Å². The van der Waals surface area contributed by atoms with Gasteiger partial charge in [0.25, 0.3) is 0 Å². The second-order valence-corrected chi connectivity index (χ2v) is 10.4. The van der Waals surface area contributed by atoms with Crippen molar-refractivity contribution in [1.82, 2.24) is 0 Å². The molecule has 0 fully saturated rings. The van der Waals surface area contributed by atoms with Gasteiger partial charge in [0.2, 0.25) is 0 Å². The maximum atomic E-state index is 3.47. The Morgan fingerprint density at radius 1 is 1.20 bits per heavy atom.